The number of rotatable bonds is 3. The van der Waals surface area contributed by atoms with E-state index in [9.17, 15) is 0 Å². The third kappa shape index (κ3) is 2.97. The van der Waals surface area contributed by atoms with Crippen molar-refractivity contribution in [3.05, 3.63) is 0 Å². The quantitative estimate of drug-likeness (QED) is 0.839. The molecule has 1 saturated carbocycles. The van der Waals surface area contributed by atoms with Gasteiger partial charge in [-0.3, -0.25) is 4.90 Å². The minimum atomic E-state index is 0.478. The topological polar surface area (TPSA) is 33.7 Å². The molecule has 2 heterocycles. The summed E-state index contributed by atoms with van der Waals surface area (Å²) in [5.74, 6) is 0. The largest absolute Gasteiger partial charge is 0.380 e. The van der Waals surface area contributed by atoms with Gasteiger partial charge in [0.2, 0.25) is 0 Å². The van der Waals surface area contributed by atoms with E-state index in [0.29, 0.717) is 24.2 Å². The summed E-state index contributed by atoms with van der Waals surface area (Å²) in [7, 11) is 0. The Morgan fingerprint density at radius 3 is 2.89 bits per heavy atom. The Balaban J connectivity index is 1.70. The van der Waals surface area contributed by atoms with Crippen LogP contribution in [0.5, 0.6) is 0 Å². The van der Waals surface area contributed by atoms with Crippen molar-refractivity contribution < 1.29 is 9.47 Å². The van der Waals surface area contributed by atoms with Crippen LogP contribution in [0.15, 0.2) is 0 Å². The molecule has 3 fully saturated rings. The van der Waals surface area contributed by atoms with Crippen molar-refractivity contribution in [3.63, 3.8) is 0 Å². The first-order valence-electron chi connectivity index (χ1n) is 8.08. The highest BCUT2D eigenvalue weighted by molar-refractivity contribution is 4.95. The molecule has 4 atom stereocenters. The molecule has 4 heteroatoms. The Bertz CT molecular complexity index is 283. The fourth-order valence-corrected chi connectivity index (χ4v) is 4.09. The van der Waals surface area contributed by atoms with Crippen molar-refractivity contribution in [2.24, 2.45) is 0 Å². The van der Waals surface area contributed by atoms with Crippen LogP contribution in [0.25, 0.3) is 0 Å². The predicted molar refractivity (Wildman–Crippen MR) is 75.4 cm³/mol. The minimum absolute atomic E-state index is 0.478. The average Bonchev–Trinajstić information content (AvgIpc) is 2.48. The maximum absolute atomic E-state index is 6.00. The van der Waals surface area contributed by atoms with Crippen molar-refractivity contribution >= 4 is 0 Å². The Hall–Kier alpha value is -0.160. The second kappa shape index (κ2) is 6.53. The lowest BCUT2D eigenvalue weighted by molar-refractivity contribution is -0.125. The number of hydrogen-bond donors (Lipinski definition) is 1. The summed E-state index contributed by atoms with van der Waals surface area (Å²) in [6.07, 6.45) is 6.88. The second-order valence-electron chi connectivity index (χ2n) is 6.09. The number of morpholine rings is 1. The zero-order chi connectivity index (χ0) is 13.1. The first-order chi connectivity index (χ1) is 9.40. The molecule has 0 aromatic rings. The fourth-order valence-electron chi connectivity index (χ4n) is 4.09. The summed E-state index contributed by atoms with van der Waals surface area (Å²) < 4.78 is 11.8. The number of nitrogens with one attached hydrogen (secondary N) is 1. The molecule has 0 amide bonds. The van der Waals surface area contributed by atoms with Crippen molar-refractivity contribution in [1.29, 1.82) is 0 Å². The van der Waals surface area contributed by atoms with Crippen LogP contribution >= 0.6 is 0 Å². The van der Waals surface area contributed by atoms with E-state index in [1.807, 2.05) is 0 Å². The number of likely N-dealkylation sites (N-methyl/N-ethyl adjacent to an activating group) is 1. The van der Waals surface area contributed by atoms with Gasteiger partial charge in [0.1, 0.15) is 0 Å². The molecule has 0 aromatic carbocycles. The van der Waals surface area contributed by atoms with Gasteiger partial charge in [0.05, 0.1) is 19.3 Å². The first-order valence-corrected chi connectivity index (χ1v) is 8.08. The smallest absolute Gasteiger partial charge is 0.0731 e. The highest BCUT2D eigenvalue weighted by Gasteiger charge is 2.40. The van der Waals surface area contributed by atoms with E-state index in [1.54, 1.807) is 0 Å². The maximum atomic E-state index is 6.00. The zero-order valence-electron chi connectivity index (χ0n) is 12.1. The standard InChI is InChI=1S/C15H28N2O2/c1-2-16-12-7-9-18-11-14(12)17-8-10-19-15-6-4-3-5-13(15)17/h12-16H,2-11H2,1H3. The molecular formula is C15H28N2O2. The molecule has 3 rings (SSSR count). The van der Waals surface area contributed by atoms with Crippen LogP contribution in [0.4, 0.5) is 0 Å². The molecule has 1 N–H and O–H groups in total. The summed E-state index contributed by atoms with van der Waals surface area (Å²) in [4.78, 5) is 2.71. The SMILES string of the molecule is CCNC1CCOCC1N1CCOC2CCCCC21. The van der Waals surface area contributed by atoms with Gasteiger partial charge < -0.3 is 14.8 Å². The van der Waals surface area contributed by atoms with Crippen LogP contribution in [0.3, 0.4) is 0 Å². The highest BCUT2D eigenvalue weighted by Crippen LogP contribution is 2.31. The number of ether oxygens (including phenoxy) is 2. The van der Waals surface area contributed by atoms with Gasteiger partial charge in [-0.1, -0.05) is 19.8 Å². The third-order valence-electron chi connectivity index (χ3n) is 4.99. The molecule has 1 aliphatic carbocycles. The van der Waals surface area contributed by atoms with Gasteiger partial charge in [0.25, 0.3) is 0 Å². The summed E-state index contributed by atoms with van der Waals surface area (Å²) in [5.41, 5.74) is 0. The Kier molecular flexibility index (Phi) is 4.74. The lowest BCUT2D eigenvalue weighted by atomic mass is 9.87. The van der Waals surface area contributed by atoms with Gasteiger partial charge in [-0.15, -0.1) is 0 Å². The number of nitrogens with zero attached hydrogens (tertiary/aromatic N) is 1. The molecule has 0 bridgehead atoms. The van der Waals surface area contributed by atoms with Crippen LogP contribution in [0, 0.1) is 0 Å². The van der Waals surface area contributed by atoms with Crippen LogP contribution < -0.4 is 5.32 Å². The molecule has 0 aromatic heterocycles. The first kappa shape index (κ1) is 13.8. The molecule has 0 spiro atoms. The molecule has 4 unspecified atom stereocenters. The molecule has 110 valence electrons. The minimum Gasteiger partial charge on any atom is -0.380 e. The van der Waals surface area contributed by atoms with Gasteiger partial charge in [-0.25, -0.2) is 0 Å². The highest BCUT2D eigenvalue weighted by atomic mass is 16.5. The van der Waals surface area contributed by atoms with Crippen molar-refractivity contribution in [2.75, 3.05) is 32.9 Å². The molecule has 3 aliphatic rings. The lowest BCUT2D eigenvalue weighted by Crippen LogP contribution is -2.63. The summed E-state index contributed by atoms with van der Waals surface area (Å²) >= 11 is 0. The van der Waals surface area contributed by atoms with Crippen LogP contribution in [0.2, 0.25) is 0 Å². The van der Waals surface area contributed by atoms with Gasteiger partial charge in [0, 0.05) is 31.3 Å². The summed E-state index contributed by atoms with van der Waals surface area (Å²) in [5, 5.41) is 3.66. The van der Waals surface area contributed by atoms with Gasteiger partial charge in [-0.2, -0.15) is 0 Å². The Morgan fingerprint density at radius 1 is 1.11 bits per heavy atom. The van der Waals surface area contributed by atoms with E-state index in [-0.39, 0.29) is 0 Å². The van der Waals surface area contributed by atoms with E-state index in [1.165, 1.54) is 25.7 Å². The van der Waals surface area contributed by atoms with E-state index in [4.69, 9.17) is 9.47 Å². The molecule has 19 heavy (non-hydrogen) atoms. The van der Waals surface area contributed by atoms with Crippen LogP contribution in [-0.2, 0) is 9.47 Å². The zero-order valence-corrected chi connectivity index (χ0v) is 12.1. The van der Waals surface area contributed by atoms with E-state index in [2.05, 4.69) is 17.1 Å². The normalized spacial score (nSPS) is 40.9. The Labute approximate surface area is 116 Å². The number of hydrogen-bond acceptors (Lipinski definition) is 4. The monoisotopic (exact) mass is 268 g/mol. The van der Waals surface area contributed by atoms with E-state index in [0.717, 1.165) is 39.3 Å². The van der Waals surface area contributed by atoms with Crippen molar-refractivity contribution in [1.82, 2.24) is 10.2 Å². The van der Waals surface area contributed by atoms with Gasteiger partial charge in [-0.05, 0) is 25.8 Å². The molecule has 0 radical (unpaired) electrons. The molecule has 4 nitrogen and oxygen atoms in total. The Morgan fingerprint density at radius 2 is 2.00 bits per heavy atom. The second-order valence-corrected chi connectivity index (χ2v) is 6.09. The van der Waals surface area contributed by atoms with Crippen molar-refractivity contribution in [2.45, 2.75) is 63.3 Å². The van der Waals surface area contributed by atoms with Crippen LogP contribution in [0.1, 0.15) is 39.0 Å². The fraction of sp³-hybridized carbons (Fsp3) is 1.00. The maximum Gasteiger partial charge on any atom is 0.0731 e. The van der Waals surface area contributed by atoms with E-state index >= 15 is 0 Å². The van der Waals surface area contributed by atoms with Gasteiger partial charge >= 0.3 is 0 Å². The molecule has 2 aliphatic heterocycles. The average molecular weight is 268 g/mol. The van der Waals surface area contributed by atoms with Crippen molar-refractivity contribution in [3.8, 4) is 0 Å². The van der Waals surface area contributed by atoms with E-state index < -0.39 is 0 Å². The lowest BCUT2D eigenvalue weighted by Gasteiger charge is -2.50. The number of fused-ring (bicyclic) bond motifs is 1. The van der Waals surface area contributed by atoms with Gasteiger partial charge in [0.15, 0.2) is 0 Å². The predicted octanol–water partition coefficient (Wildman–Crippen LogP) is 1.40. The molecule has 2 saturated heterocycles. The summed E-state index contributed by atoms with van der Waals surface area (Å²) in [6, 6.07) is 1.78. The third-order valence-corrected chi connectivity index (χ3v) is 4.99. The molecular weight excluding hydrogens is 240 g/mol. The summed E-state index contributed by atoms with van der Waals surface area (Å²) in [6.45, 7) is 7.04. The van der Waals surface area contributed by atoms with Crippen LogP contribution in [-0.4, -0.2) is 62.0 Å².